The summed E-state index contributed by atoms with van der Waals surface area (Å²) < 4.78 is 0. The van der Waals surface area contributed by atoms with Crippen molar-refractivity contribution >= 4 is 41.0 Å². The van der Waals surface area contributed by atoms with Gasteiger partial charge in [0.05, 0.1) is 28.1 Å². The van der Waals surface area contributed by atoms with Gasteiger partial charge in [-0.05, 0) is 48.9 Å². The Bertz CT molecular complexity index is 1040. The fraction of sp³-hybridized carbons (Fsp3) is 0.143. The molecule has 0 spiro atoms. The summed E-state index contributed by atoms with van der Waals surface area (Å²) in [6, 6.07) is 11.1. The number of amides is 1. The molecule has 1 aliphatic heterocycles. The lowest BCUT2D eigenvalue weighted by Crippen LogP contribution is -2.22. The maximum atomic E-state index is 12.9. The van der Waals surface area contributed by atoms with E-state index in [-0.39, 0.29) is 16.8 Å². The third-order valence-corrected chi connectivity index (χ3v) is 4.44. The minimum atomic E-state index is -1.29. The first-order valence-electron chi connectivity index (χ1n) is 8.68. The Morgan fingerprint density at radius 2 is 1.55 bits per heavy atom. The Labute approximate surface area is 167 Å². The maximum absolute atomic E-state index is 12.9. The Hall–Kier alpha value is -3.94. The van der Waals surface area contributed by atoms with E-state index in [1.807, 2.05) is 43.3 Å². The van der Waals surface area contributed by atoms with Gasteiger partial charge in [-0.2, -0.15) is 10.1 Å². The predicted molar refractivity (Wildman–Crippen MR) is 110 cm³/mol. The highest BCUT2D eigenvalue weighted by Gasteiger charge is 2.30. The van der Waals surface area contributed by atoms with Crippen molar-refractivity contribution in [2.45, 2.75) is 6.92 Å². The molecule has 0 unspecified atom stereocenters. The number of carbonyl (C=O) groups is 3. The number of carboxylic acid groups (broad SMARTS) is 2. The number of benzene rings is 2. The molecule has 8 heteroatoms. The molecule has 8 nitrogen and oxygen atoms in total. The molecular weight excluding hydrogens is 374 g/mol. The quantitative estimate of drug-likeness (QED) is 0.756. The molecule has 2 N–H and O–H groups in total. The highest BCUT2D eigenvalue weighted by atomic mass is 16.4. The van der Waals surface area contributed by atoms with E-state index in [0.717, 1.165) is 22.3 Å². The fourth-order valence-corrected chi connectivity index (χ4v) is 2.88. The first kappa shape index (κ1) is 19.8. The van der Waals surface area contributed by atoms with E-state index in [0.29, 0.717) is 11.3 Å². The second-order valence-electron chi connectivity index (χ2n) is 6.73. The second kappa shape index (κ2) is 7.59. The average molecular weight is 393 g/mol. The van der Waals surface area contributed by atoms with Crippen molar-refractivity contribution in [1.29, 1.82) is 0 Å². The van der Waals surface area contributed by atoms with Gasteiger partial charge < -0.3 is 15.1 Å². The molecule has 0 saturated heterocycles. The first-order valence-corrected chi connectivity index (χ1v) is 8.68. The minimum absolute atomic E-state index is 0.0815. The summed E-state index contributed by atoms with van der Waals surface area (Å²) in [5.74, 6) is -3.05. The number of nitrogens with zero attached hydrogens (tertiary/aromatic N) is 3. The number of carbonyl (C=O) groups excluding carboxylic acids is 1. The minimum Gasteiger partial charge on any atom is -0.478 e. The smallest absolute Gasteiger partial charge is 0.335 e. The Morgan fingerprint density at radius 1 is 1.00 bits per heavy atom. The third-order valence-electron chi connectivity index (χ3n) is 4.44. The van der Waals surface area contributed by atoms with Crippen LogP contribution < -0.4 is 9.91 Å². The summed E-state index contributed by atoms with van der Waals surface area (Å²) in [7, 11) is 3.86. The van der Waals surface area contributed by atoms with Crippen LogP contribution in [-0.2, 0) is 4.79 Å². The van der Waals surface area contributed by atoms with Crippen molar-refractivity contribution in [2.24, 2.45) is 5.10 Å². The van der Waals surface area contributed by atoms with Crippen LogP contribution in [-0.4, -0.2) is 47.9 Å². The van der Waals surface area contributed by atoms with Gasteiger partial charge in [0.15, 0.2) is 0 Å². The van der Waals surface area contributed by atoms with E-state index in [9.17, 15) is 24.6 Å². The van der Waals surface area contributed by atoms with E-state index >= 15 is 0 Å². The molecule has 2 aromatic rings. The molecule has 1 heterocycles. The van der Waals surface area contributed by atoms with Gasteiger partial charge in [-0.25, -0.2) is 9.59 Å². The van der Waals surface area contributed by atoms with Crippen LogP contribution in [0.25, 0.3) is 6.08 Å². The van der Waals surface area contributed by atoms with Crippen molar-refractivity contribution in [3.63, 3.8) is 0 Å². The number of hydrogen-bond donors (Lipinski definition) is 2. The topological polar surface area (TPSA) is 111 Å². The molecule has 0 bridgehead atoms. The SMILES string of the molecule is CC1=NN(c2cc(C(=O)O)cc(C(=O)O)c2)C(=O)/C1=C/c1ccc(N(C)C)cc1. The number of aromatic carboxylic acids is 2. The second-order valence-corrected chi connectivity index (χ2v) is 6.73. The summed E-state index contributed by atoms with van der Waals surface area (Å²) in [5.41, 5.74) is 2.22. The molecular formula is C21H19N3O5. The lowest BCUT2D eigenvalue weighted by molar-refractivity contribution is -0.114. The van der Waals surface area contributed by atoms with E-state index in [1.54, 1.807) is 13.0 Å². The van der Waals surface area contributed by atoms with E-state index in [2.05, 4.69) is 5.10 Å². The standard InChI is InChI=1S/C21H19N3O5/c1-12-18(8-13-4-6-16(7-5-13)23(2)3)19(25)24(22-12)17-10-14(20(26)27)9-15(11-17)21(28)29/h4-11H,1-3H3,(H,26,27)(H,28,29)/b18-8+. The van der Waals surface area contributed by atoms with Gasteiger partial charge in [0.1, 0.15) is 0 Å². The first-order chi connectivity index (χ1) is 13.7. The van der Waals surface area contributed by atoms with Crippen molar-refractivity contribution in [2.75, 3.05) is 24.0 Å². The zero-order valence-electron chi connectivity index (χ0n) is 16.1. The van der Waals surface area contributed by atoms with E-state index in [1.165, 1.54) is 12.1 Å². The lowest BCUT2D eigenvalue weighted by atomic mass is 10.1. The van der Waals surface area contributed by atoms with Gasteiger partial charge in [-0.3, -0.25) is 4.79 Å². The van der Waals surface area contributed by atoms with Gasteiger partial charge in [0.25, 0.3) is 5.91 Å². The molecule has 29 heavy (non-hydrogen) atoms. The summed E-state index contributed by atoms with van der Waals surface area (Å²) in [6.07, 6.45) is 1.69. The average Bonchev–Trinajstić information content (AvgIpc) is 2.96. The van der Waals surface area contributed by atoms with Gasteiger partial charge in [0, 0.05) is 19.8 Å². The molecule has 0 radical (unpaired) electrons. The van der Waals surface area contributed by atoms with Crippen molar-refractivity contribution in [3.05, 3.63) is 64.7 Å². The molecule has 0 saturated carbocycles. The molecule has 1 amide bonds. The monoisotopic (exact) mass is 393 g/mol. The van der Waals surface area contributed by atoms with Crippen LogP contribution in [0.4, 0.5) is 11.4 Å². The highest BCUT2D eigenvalue weighted by Crippen LogP contribution is 2.27. The van der Waals surface area contributed by atoms with Crippen LogP contribution >= 0.6 is 0 Å². The molecule has 0 fully saturated rings. The Morgan fingerprint density at radius 3 is 2.03 bits per heavy atom. The van der Waals surface area contributed by atoms with Crippen molar-refractivity contribution in [3.8, 4) is 0 Å². The molecule has 0 atom stereocenters. The van der Waals surface area contributed by atoms with Gasteiger partial charge in [-0.15, -0.1) is 0 Å². The van der Waals surface area contributed by atoms with Gasteiger partial charge in [0.2, 0.25) is 0 Å². The number of carboxylic acids is 2. The normalized spacial score (nSPS) is 14.9. The van der Waals surface area contributed by atoms with Crippen LogP contribution in [0.5, 0.6) is 0 Å². The van der Waals surface area contributed by atoms with Crippen LogP contribution in [0.3, 0.4) is 0 Å². The summed E-state index contributed by atoms with van der Waals surface area (Å²) in [4.78, 5) is 37.5. The molecule has 0 aromatic heterocycles. The molecule has 2 aromatic carbocycles. The molecule has 3 rings (SSSR count). The predicted octanol–water partition coefficient (Wildman–Crippen LogP) is 2.96. The van der Waals surface area contributed by atoms with Crippen LogP contribution in [0.2, 0.25) is 0 Å². The molecule has 1 aliphatic rings. The zero-order chi connectivity index (χ0) is 21.3. The molecule has 0 aliphatic carbocycles. The highest BCUT2D eigenvalue weighted by molar-refractivity contribution is 6.32. The van der Waals surface area contributed by atoms with Crippen LogP contribution in [0.15, 0.2) is 53.1 Å². The Balaban J connectivity index is 1.98. The molecule has 148 valence electrons. The number of hydrogen-bond acceptors (Lipinski definition) is 5. The number of hydrazone groups is 1. The van der Waals surface area contributed by atoms with Gasteiger partial charge in [-0.1, -0.05) is 12.1 Å². The zero-order valence-corrected chi connectivity index (χ0v) is 16.1. The maximum Gasteiger partial charge on any atom is 0.335 e. The summed E-state index contributed by atoms with van der Waals surface area (Å²) in [5, 5.41) is 23.7. The lowest BCUT2D eigenvalue weighted by Gasteiger charge is -2.14. The summed E-state index contributed by atoms with van der Waals surface area (Å²) in [6.45, 7) is 1.66. The number of rotatable bonds is 5. The van der Waals surface area contributed by atoms with Crippen LogP contribution in [0.1, 0.15) is 33.2 Å². The van der Waals surface area contributed by atoms with Crippen LogP contribution in [0, 0.1) is 0 Å². The van der Waals surface area contributed by atoms with Crippen molar-refractivity contribution < 1.29 is 24.6 Å². The van der Waals surface area contributed by atoms with E-state index in [4.69, 9.17) is 0 Å². The summed E-state index contributed by atoms with van der Waals surface area (Å²) >= 11 is 0. The largest absolute Gasteiger partial charge is 0.478 e. The fourth-order valence-electron chi connectivity index (χ4n) is 2.88. The number of anilines is 2. The van der Waals surface area contributed by atoms with E-state index < -0.39 is 17.8 Å². The third kappa shape index (κ3) is 4.01. The Kier molecular flexibility index (Phi) is 5.18. The van der Waals surface area contributed by atoms with Gasteiger partial charge >= 0.3 is 11.9 Å². The van der Waals surface area contributed by atoms with Crippen molar-refractivity contribution in [1.82, 2.24) is 0 Å².